The Bertz CT molecular complexity index is 621. The smallest absolute Gasteiger partial charge is 0.338 e. The molecule has 0 saturated carbocycles. The number of anilines is 1. The molecule has 100 valence electrons. The molecular weight excluding hydrogens is 250 g/mol. The molecule has 0 spiro atoms. The maximum atomic E-state index is 11.6. The number of H-pyrrole nitrogens is 1. The van der Waals surface area contributed by atoms with E-state index < -0.39 is 5.97 Å². The summed E-state index contributed by atoms with van der Waals surface area (Å²) in [5.41, 5.74) is 6.59. The Morgan fingerprint density at radius 3 is 2.63 bits per heavy atom. The summed E-state index contributed by atoms with van der Waals surface area (Å²) in [5, 5.41) is 16.5. The molecule has 7 heteroatoms. The molecule has 0 bridgehead atoms. The van der Waals surface area contributed by atoms with E-state index in [1.807, 2.05) is 0 Å². The van der Waals surface area contributed by atoms with E-state index in [-0.39, 0.29) is 22.9 Å². The van der Waals surface area contributed by atoms with Crippen LogP contribution in [-0.4, -0.2) is 35.5 Å². The molecule has 0 fully saturated rings. The van der Waals surface area contributed by atoms with Crippen molar-refractivity contribution in [3.8, 4) is 22.8 Å². The summed E-state index contributed by atoms with van der Waals surface area (Å²) in [7, 11) is 2.66. The Morgan fingerprint density at radius 2 is 2.11 bits per heavy atom. The number of phenols is 1. The van der Waals surface area contributed by atoms with E-state index in [0.717, 1.165) is 0 Å². The number of aromatic hydroxyl groups is 1. The number of aromatic nitrogens is 2. The third-order valence-corrected chi connectivity index (χ3v) is 2.60. The SMILES string of the molecule is COC(=O)c1cc(OC)c(O)c(-c2cc(N)n[nH]2)c1. The molecule has 4 N–H and O–H groups in total. The van der Waals surface area contributed by atoms with Gasteiger partial charge < -0.3 is 20.3 Å². The predicted octanol–water partition coefficient (Wildman–Crippen LogP) is 1.16. The number of rotatable bonds is 3. The summed E-state index contributed by atoms with van der Waals surface area (Å²) in [5.74, 6) is -0.214. The second-order valence-electron chi connectivity index (χ2n) is 3.77. The number of nitrogens with two attached hydrogens (primary N) is 1. The van der Waals surface area contributed by atoms with Crippen molar-refractivity contribution in [2.24, 2.45) is 0 Å². The lowest BCUT2D eigenvalue weighted by Gasteiger charge is -2.10. The summed E-state index contributed by atoms with van der Waals surface area (Å²) in [6.45, 7) is 0. The predicted molar refractivity (Wildman–Crippen MR) is 68.0 cm³/mol. The van der Waals surface area contributed by atoms with Gasteiger partial charge in [-0.3, -0.25) is 5.10 Å². The van der Waals surface area contributed by atoms with Crippen molar-refractivity contribution in [1.82, 2.24) is 10.2 Å². The minimum atomic E-state index is -0.535. The number of nitrogens with one attached hydrogen (secondary N) is 1. The largest absolute Gasteiger partial charge is 0.504 e. The Balaban J connectivity index is 2.61. The van der Waals surface area contributed by atoms with Crippen LogP contribution in [0.3, 0.4) is 0 Å². The van der Waals surface area contributed by atoms with Gasteiger partial charge in [0, 0.05) is 11.6 Å². The zero-order valence-corrected chi connectivity index (χ0v) is 10.4. The van der Waals surface area contributed by atoms with Gasteiger partial charge in [0.05, 0.1) is 25.5 Å². The molecule has 1 aromatic heterocycles. The van der Waals surface area contributed by atoms with Gasteiger partial charge in [0.25, 0.3) is 0 Å². The van der Waals surface area contributed by atoms with Crippen LogP contribution in [0.4, 0.5) is 5.82 Å². The molecule has 1 aromatic carbocycles. The Hall–Kier alpha value is -2.70. The van der Waals surface area contributed by atoms with Crippen molar-refractivity contribution in [3.05, 3.63) is 23.8 Å². The molecule has 0 radical (unpaired) electrons. The first-order valence-electron chi connectivity index (χ1n) is 5.37. The minimum absolute atomic E-state index is 0.112. The normalized spacial score (nSPS) is 10.2. The Morgan fingerprint density at radius 1 is 1.37 bits per heavy atom. The van der Waals surface area contributed by atoms with E-state index in [9.17, 15) is 9.90 Å². The van der Waals surface area contributed by atoms with Crippen LogP contribution in [0.25, 0.3) is 11.3 Å². The lowest BCUT2D eigenvalue weighted by atomic mass is 10.1. The second kappa shape index (κ2) is 4.89. The number of hydrogen-bond acceptors (Lipinski definition) is 6. The second-order valence-corrected chi connectivity index (χ2v) is 3.77. The van der Waals surface area contributed by atoms with Crippen molar-refractivity contribution >= 4 is 11.8 Å². The quantitative estimate of drug-likeness (QED) is 0.717. The highest BCUT2D eigenvalue weighted by Gasteiger charge is 2.17. The number of carbonyl (C=O) groups is 1. The molecular formula is C12H13N3O4. The fraction of sp³-hybridized carbons (Fsp3) is 0.167. The molecule has 0 amide bonds. The maximum Gasteiger partial charge on any atom is 0.338 e. The third-order valence-electron chi connectivity index (χ3n) is 2.60. The van der Waals surface area contributed by atoms with Crippen LogP contribution in [0.1, 0.15) is 10.4 Å². The van der Waals surface area contributed by atoms with Crippen LogP contribution in [0.5, 0.6) is 11.5 Å². The highest BCUT2D eigenvalue weighted by molar-refractivity contribution is 5.93. The van der Waals surface area contributed by atoms with Gasteiger partial charge >= 0.3 is 5.97 Å². The molecule has 1 heterocycles. The summed E-state index contributed by atoms with van der Waals surface area (Å²) >= 11 is 0. The van der Waals surface area contributed by atoms with Crippen LogP contribution in [0.15, 0.2) is 18.2 Å². The van der Waals surface area contributed by atoms with Gasteiger partial charge in [0.15, 0.2) is 11.5 Å². The van der Waals surface area contributed by atoms with Crippen molar-refractivity contribution in [1.29, 1.82) is 0 Å². The van der Waals surface area contributed by atoms with Crippen molar-refractivity contribution in [2.75, 3.05) is 20.0 Å². The molecule has 0 aliphatic heterocycles. The Labute approximate surface area is 109 Å². The zero-order valence-electron chi connectivity index (χ0n) is 10.4. The first kappa shape index (κ1) is 12.7. The van der Waals surface area contributed by atoms with E-state index >= 15 is 0 Å². The van der Waals surface area contributed by atoms with E-state index in [4.69, 9.17) is 10.5 Å². The van der Waals surface area contributed by atoms with Gasteiger partial charge in [-0.1, -0.05) is 0 Å². The molecule has 0 aliphatic carbocycles. The van der Waals surface area contributed by atoms with Crippen LogP contribution in [0, 0.1) is 0 Å². The number of esters is 1. The first-order chi connectivity index (χ1) is 9.06. The molecule has 0 unspecified atom stereocenters. The molecule has 0 saturated heterocycles. The zero-order chi connectivity index (χ0) is 14.0. The average molecular weight is 263 g/mol. The number of ether oxygens (including phenoxy) is 2. The van der Waals surface area contributed by atoms with Gasteiger partial charge in [0.2, 0.25) is 0 Å². The van der Waals surface area contributed by atoms with Crippen LogP contribution >= 0.6 is 0 Å². The number of phenolic OH excluding ortho intramolecular Hbond substituents is 1. The highest BCUT2D eigenvalue weighted by Crippen LogP contribution is 2.38. The fourth-order valence-electron chi connectivity index (χ4n) is 1.68. The van der Waals surface area contributed by atoms with E-state index in [2.05, 4.69) is 14.9 Å². The van der Waals surface area contributed by atoms with Crippen LogP contribution in [0.2, 0.25) is 0 Å². The summed E-state index contributed by atoms with van der Waals surface area (Å²) in [6.07, 6.45) is 0. The summed E-state index contributed by atoms with van der Waals surface area (Å²) < 4.78 is 9.67. The first-order valence-corrected chi connectivity index (χ1v) is 5.37. The molecule has 7 nitrogen and oxygen atoms in total. The standard InChI is InChI=1S/C12H13N3O4/c1-18-9-4-6(12(17)19-2)3-7(11(9)16)8-5-10(13)15-14-8/h3-5,16H,1-2H3,(H3,13,14,15). The summed E-state index contributed by atoms with van der Waals surface area (Å²) in [6, 6.07) is 4.40. The molecule has 0 aliphatic rings. The van der Waals surface area contributed by atoms with E-state index in [1.165, 1.54) is 32.4 Å². The summed E-state index contributed by atoms with van der Waals surface area (Å²) in [4.78, 5) is 11.6. The highest BCUT2D eigenvalue weighted by atomic mass is 16.5. The third kappa shape index (κ3) is 2.30. The fourth-order valence-corrected chi connectivity index (χ4v) is 1.68. The molecule has 2 rings (SSSR count). The van der Waals surface area contributed by atoms with Crippen LogP contribution in [-0.2, 0) is 4.74 Å². The van der Waals surface area contributed by atoms with Gasteiger partial charge in [-0.25, -0.2) is 4.79 Å². The van der Waals surface area contributed by atoms with E-state index in [0.29, 0.717) is 11.3 Å². The minimum Gasteiger partial charge on any atom is -0.504 e. The number of nitrogens with zero attached hydrogens (tertiary/aromatic N) is 1. The number of hydrogen-bond donors (Lipinski definition) is 3. The number of aromatic amines is 1. The molecule has 19 heavy (non-hydrogen) atoms. The van der Waals surface area contributed by atoms with Gasteiger partial charge in [-0.05, 0) is 12.1 Å². The van der Waals surface area contributed by atoms with Gasteiger partial charge in [0.1, 0.15) is 5.82 Å². The van der Waals surface area contributed by atoms with Crippen molar-refractivity contribution < 1.29 is 19.4 Å². The van der Waals surface area contributed by atoms with Crippen molar-refractivity contribution in [2.45, 2.75) is 0 Å². The number of benzene rings is 1. The lowest BCUT2D eigenvalue weighted by molar-refractivity contribution is 0.0600. The number of nitrogen functional groups attached to an aromatic ring is 1. The lowest BCUT2D eigenvalue weighted by Crippen LogP contribution is -2.02. The average Bonchev–Trinajstić information content (AvgIpc) is 2.84. The topological polar surface area (TPSA) is 110 Å². The maximum absolute atomic E-state index is 11.6. The number of carbonyl (C=O) groups excluding carboxylic acids is 1. The monoisotopic (exact) mass is 263 g/mol. The van der Waals surface area contributed by atoms with E-state index in [1.54, 1.807) is 0 Å². The molecule has 2 aromatic rings. The van der Waals surface area contributed by atoms with Gasteiger partial charge in [-0.2, -0.15) is 5.10 Å². The van der Waals surface area contributed by atoms with Gasteiger partial charge in [-0.15, -0.1) is 0 Å². The molecule has 0 atom stereocenters. The number of methoxy groups -OCH3 is 2. The van der Waals surface area contributed by atoms with Crippen molar-refractivity contribution in [3.63, 3.8) is 0 Å². The van der Waals surface area contributed by atoms with Crippen LogP contribution < -0.4 is 10.5 Å². The Kier molecular flexibility index (Phi) is 3.28.